The molecule has 0 bridgehead atoms. The van der Waals surface area contributed by atoms with Crippen molar-refractivity contribution in [3.63, 3.8) is 0 Å². The molecule has 1 rings (SSSR count). The van der Waals surface area contributed by atoms with Crippen molar-refractivity contribution in [2.75, 3.05) is 5.32 Å². The van der Waals surface area contributed by atoms with Crippen LogP contribution in [0, 0.1) is 10.1 Å². The third-order valence-corrected chi connectivity index (χ3v) is 2.94. The van der Waals surface area contributed by atoms with Gasteiger partial charge in [0.2, 0.25) is 0 Å². The van der Waals surface area contributed by atoms with Crippen molar-refractivity contribution >= 4 is 11.5 Å². The van der Waals surface area contributed by atoms with Crippen LogP contribution in [0.1, 0.15) is 33.6 Å². The molecule has 0 aliphatic rings. The highest BCUT2D eigenvalue weighted by molar-refractivity contribution is 5.45. The molecule has 0 atom stereocenters. The molecule has 16 heavy (non-hydrogen) atoms. The van der Waals surface area contributed by atoms with Gasteiger partial charge in [-0.25, -0.2) is 4.98 Å². The first kappa shape index (κ1) is 12.4. The van der Waals surface area contributed by atoms with E-state index in [1.165, 1.54) is 18.3 Å². The van der Waals surface area contributed by atoms with Crippen LogP contribution in [-0.2, 0) is 0 Å². The lowest BCUT2D eigenvalue weighted by molar-refractivity contribution is -0.384. The van der Waals surface area contributed by atoms with Gasteiger partial charge in [0.1, 0.15) is 5.82 Å². The molecule has 0 unspecified atom stereocenters. The van der Waals surface area contributed by atoms with E-state index in [0.717, 1.165) is 12.8 Å². The Labute approximate surface area is 95.0 Å². The van der Waals surface area contributed by atoms with E-state index in [9.17, 15) is 10.1 Å². The molecule has 5 heteroatoms. The molecule has 5 nitrogen and oxygen atoms in total. The van der Waals surface area contributed by atoms with Crippen LogP contribution >= 0.6 is 0 Å². The predicted octanol–water partition coefficient (Wildman–Crippen LogP) is 2.98. The van der Waals surface area contributed by atoms with Crippen LogP contribution in [0.4, 0.5) is 11.5 Å². The van der Waals surface area contributed by atoms with E-state index in [-0.39, 0.29) is 11.2 Å². The third kappa shape index (κ3) is 2.92. The number of pyridine rings is 1. The number of nitrogens with zero attached hydrogens (tertiary/aromatic N) is 2. The second-order valence-corrected chi connectivity index (χ2v) is 4.05. The van der Waals surface area contributed by atoms with Gasteiger partial charge in [-0.2, -0.15) is 0 Å². The SMILES string of the molecule is CCC(C)(CC)Nc1cc([N+](=O)[O-])ccn1. The molecule has 0 aliphatic carbocycles. The Hall–Kier alpha value is -1.65. The molecule has 0 fully saturated rings. The van der Waals surface area contributed by atoms with Crippen molar-refractivity contribution in [1.29, 1.82) is 0 Å². The van der Waals surface area contributed by atoms with Crippen LogP contribution in [0.15, 0.2) is 18.3 Å². The average Bonchev–Trinajstić information content (AvgIpc) is 2.29. The molecule has 1 N–H and O–H groups in total. The fraction of sp³-hybridized carbons (Fsp3) is 0.545. The van der Waals surface area contributed by atoms with Gasteiger partial charge in [0.15, 0.2) is 0 Å². The fourth-order valence-electron chi connectivity index (χ4n) is 1.34. The Kier molecular flexibility index (Phi) is 3.82. The van der Waals surface area contributed by atoms with E-state index in [1.54, 1.807) is 0 Å². The number of nitrogens with one attached hydrogen (secondary N) is 1. The Balaban J connectivity index is 2.89. The maximum Gasteiger partial charge on any atom is 0.274 e. The Morgan fingerprint density at radius 1 is 1.50 bits per heavy atom. The van der Waals surface area contributed by atoms with Crippen LogP contribution < -0.4 is 5.32 Å². The highest BCUT2D eigenvalue weighted by atomic mass is 16.6. The van der Waals surface area contributed by atoms with Crippen LogP contribution in [0.25, 0.3) is 0 Å². The average molecular weight is 223 g/mol. The second-order valence-electron chi connectivity index (χ2n) is 4.05. The maximum absolute atomic E-state index is 10.6. The monoisotopic (exact) mass is 223 g/mol. The van der Waals surface area contributed by atoms with Crippen molar-refractivity contribution in [2.45, 2.75) is 39.2 Å². The molecule has 0 amide bonds. The lowest BCUT2D eigenvalue weighted by Gasteiger charge is -2.28. The number of rotatable bonds is 5. The molecule has 1 aromatic rings. The van der Waals surface area contributed by atoms with Crippen molar-refractivity contribution < 1.29 is 4.92 Å². The molecule has 0 aromatic carbocycles. The van der Waals surface area contributed by atoms with Crippen molar-refractivity contribution in [3.8, 4) is 0 Å². The second kappa shape index (κ2) is 4.92. The Morgan fingerprint density at radius 3 is 2.62 bits per heavy atom. The van der Waals surface area contributed by atoms with Crippen molar-refractivity contribution in [3.05, 3.63) is 28.4 Å². The van der Waals surface area contributed by atoms with Crippen LogP contribution in [0.3, 0.4) is 0 Å². The summed E-state index contributed by atoms with van der Waals surface area (Å²) in [5.74, 6) is 0.556. The van der Waals surface area contributed by atoms with E-state index in [4.69, 9.17) is 0 Å². The third-order valence-electron chi connectivity index (χ3n) is 2.94. The van der Waals surface area contributed by atoms with E-state index in [1.807, 2.05) is 0 Å². The molecule has 1 heterocycles. The summed E-state index contributed by atoms with van der Waals surface area (Å²) in [4.78, 5) is 14.3. The van der Waals surface area contributed by atoms with Gasteiger partial charge in [-0.15, -0.1) is 0 Å². The summed E-state index contributed by atoms with van der Waals surface area (Å²) >= 11 is 0. The molecule has 0 radical (unpaired) electrons. The van der Waals surface area contributed by atoms with E-state index < -0.39 is 4.92 Å². The van der Waals surface area contributed by atoms with Gasteiger partial charge >= 0.3 is 0 Å². The molecule has 0 saturated carbocycles. The van der Waals surface area contributed by atoms with Gasteiger partial charge in [0, 0.05) is 17.8 Å². The van der Waals surface area contributed by atoms with E-state index in [0.29, 0.717) is 5.82 Å². The molecular weight excluding hydrogens is 206 g/mol. The largest absolute Gasteiger partial charge is 0.365 e. The standard InChI is InChI=1S/C11H17N3O2/c1-4-11(3,5-2)13-10-8-9(14(15)16)6-7-12-10/h6-8H,4-5H2,1-3H3,(H,12,13). The number of hydrogen-bond acceptors (Lipinski definition) is 4. The minimum absolute atomic E-state index is 0.0621. The molecule has 0 spiro atoms. The summed E-state index contributed by atoms with van der Waals surface area (Å²) < 4.78 is 0. The number of aromatic nitrogens is 1. The maximum atomic E-state index is 10.6. The Bertz CT molecular complexity index is 375. The molecule has 0 aliphatic heterocycles. The zero-order valence-corrected chi connectivity index (χ0v) is 9.86. The topological polar surface area (TPSA) is 68.1 Å². The van der Waals surface area contributed by atoms with Gasteiger partial charge in [0.05, 0.1) is 11.0 Å². The summed E-state index contributed by atoms with van der Waals surface area (Å²) in [6.07, 6.45) is 3.33. The van der Waals surface area contributed by atoms with Crippen molar-refractivity contribution in [2.24, 2.45) is 0 Å². The van der Waals surface area contributed by atoms with Gasteiger partial charge in [0.25, 0.3) is 5.69 Å². The first-order valence-electron chi connectivity index (χ1n) is 5.39. The predicted molar refractivity (Wildman–Crippen MR) is 63.5 cm³/mol. The summed E-state index contributed by atoms with van der Waals surface area (Å²) in [6, 6.07) is 2.85. The smallest absolute Gasteiger partial charge is 0.274 e. The number of anilines is 1. The molecule has 0 saturated heterocycles. The number of nitro groups is 1. The van der Waals surface area contributed by atoms with Crippen LogP contribution in [0.2, 0.25) is 0 Å². The quantitative estimate of drug-likeness (QED) is 0.615. The van der Waals surface area contributed by atoms with Gasteiger partial charge in [-0.05, 0) is 19.8 Å². The highest BCUT2D eigenvalue weighted by Gasteiger charge is 2.20. The highest BCUT2D eigenvalue weighted by Crippen LogP contribution is 2.22. The zero-order chi connectivity index (χ0) is 12.2. The van der Waals surface area contributed by atoms with E-state index in [2.05, 4.69) is 31.1 Å². The van der Waals surface area contributed by atoms with Gasteiger partial charge < -0.3 is 5.32 Å². The van der Waals surface area contributed by atoms with Crippen LogP contribution in [-0.4, -0.2) is 15.4 Å². The minimum Gasteiger partial charge on any atom is -0.365 e. The van der Waals surface area contributed by atoms with Gasteiger partial charge in [-0.3, -0.25) is 10.1 Å². The van der Waals surface area contributed by atoms with E-state index >= 15 is 0 Å². The zero-order valence-electron chi connectivity index (χ0n) is 9.86. The lowest BCUT2D eigenvalue weighted by atomic mass is 9.96. The summed E-state index contributed by atoms with van der Waals surface area (Å²) in [7, 11) is 0. The Morgan fingerprint density at radius 2 is 2.12 bits per heavy atom. The molecule has 1 aromatic heterocycles. The first-order chi connectivity index (χ1) is 7.50. The molecular formula is C11H17N3O2. The fourth-order valence-corrected chi connectivity index (χ4v) is 1.34. The summed E-state index contributed by atoms with van der Waals surface area (Å²) in [5, 5.41) is 13.8. The number of hydrogen-bond donors (Lipinski definition) is 1. The normalized spacial score (nSPS) is 11.2. The first-order valence-corrected chi connectivity index (χ1v) is 5.39. The molecule has 88 valence electrons. The summed E-state index contributed by atoms with van der Waals surface area (Å²) in [6.45, 7) is 6.23. The summed E-state index contributed by atoms with van der Waals surface area (Å²) in [5.41, 5.74) is -0.00515. The van der Waals surface area contributed by atoms with Gasteiger partial charge in [-0.1, -0.05) is 13.8 Å². The minimum atomic E-state index is -0.415. The van der Waals surface area contributed by atoms with Crippen LogP contribution in [0.5, 0.6) is 0 Å². The van der Waals surface area contributed by atoms with Crippen molar-refractivity contribution in [1.82, 2.24) is 4.98 Å². The lowest BCUT2D eigenvalue weighted by Crippen LogP contribution is -2.33.